The van der Waals surface area contributed by atoms with Gasteiger partial charge in [-0.15, -0.1) is 0 Å². The summed E-state index contributed by atoms with van der Waals surface area (Å²) in [5.74, 6) is -0.456. The molecular formula is C13H18Cl3NO4. The van der Waals surface area contributed by atoms with Crippen molar-refractivity contribution in [2.24, 2.45) is 0 Å². The first-order chi connectivity index (χ1) is 9.78. The highest BCUT2D eigenvalue weighted by molar-refractivity contribution is 6.67. The maximum absolute atomic E-state index is 12.0. The molecule has 0 aromatic carbocycles. The van der Waals surface area contributed by atoms with Gasteiger partial charge in [-0.2, -0.15) is 0 Å². The molecule has 0 saturated heterocycles. The summed E-state index contributed by atoms with van der Waals surface area (Å²) in [5, 5.41) is 0. The molecule has 1 atom stereocenters. The van der Waals surface area contributed by atoms with E-state index in [0.29, 0.717) is 6.42 Å². The molecule has 1 amide bonds. The first kappa shape index (κ1) is 18.4. The summed E-state index contributed by atoms with van der Waals surface area (Å²) in [7, 11) is 0. The summed E-state index contributed by atoms with van der Waals surface area (Å²) < 4.78 is 8.25. The van der Waals surface area contributed by atoms with E-state index in [1.807, 2.05) is 13.0 Å². The highest BCUT2D eigenvalue weighted by Crippen LogP contribution is 2.27. The number of nitrogens with zero attached hydrogens (tertiary/aromatic N) is 1. The first-order valence-corrected chi connectivity index (χ1v) is 7.76. The molecular weight excluding hydrogens is 341 g/mol. The largest absolute Gasteiger partial charge is 0.464 e. The Bertz CT molecular complexity index is 420. The summed E-state index contributed by atoms with van der Waals surface area (Å²) in [6.07, 6.45) is 2.43. The number of carbonyl (C=O) groups excluding carboxylic acids is 2. The van der Waals surface area contributed by atoms with Gasteiger partial charge in [0.15, 0.2) is 0 Å². The lowest BCUT2D eigenvalue weighted by atomic mass is 9.98. The van der Waals surface area contributed by atoms with Crippen molar-refractivity contribution in [2.45, 2.75) is 36.5 Å². The summed E-state index contributed by atoms with van der Waals surface area (Å²) >= 11 is 16.6. The summed E-state index contributed by atoms with van der Waals surface area (Å²) in [6.45, 7) is 3.84. The number of esters is 1. The molecule has 0 saturated carbocycles. The van der Waals surface area contributed by atoms with Crippen molar-refractivity contribution >= 4 is 46.9 Å². The van der Waals surface area contributed by atoms with E-state index in [2.05, 4.69) is 0 Å². The highest BCUT2D eigenvalue weighted by Gasteiger charge is 2.35. The Balaban J connectivity index is 2.78. The Hall–Kier alpha value is -0.650. The average Bonchev–Trinajstić information content (AvgIpc) is 2.43. The van der Waals surface area contributed by atoms with Crippen LogP contribution in [-0.4, -0.2) is 46.6 Å². The van der Waals surface area contributed by atoms with E-state index < -0.39 is 21.9 Å². The van der Waals surface area contributed by atoms with Crippen molar-refractivity contribution in [3.63, 3.8) is 0 Å². The first-order valence-electron chi connectivity index (χ1n) is 6.63. The minimum atomic E-state index is -1.69. The van der Waals surface area contributed by atoms with Crippen LogP contribution in [0.5, 0.6) is 0 Å². The number of halogens is 3. The van der Waals surface area contributed by atoms with Gasteiger partial charge in [0, 0.05) is 6.54 Å². The van der Waals surface area contributed by atoms with Gasteiger partial charge in [-0.25, -0.2) is 9.59 Å². The standard InChI is InChI=1S/C13H18Cl3NO4/c1-3-9-5-6-17(10(7-9)11(18)20-4-2)12(19)21-8-13(14,15)16/h5,10H,3-4,6-8H2,1-2H3/t10-/m1/s1. The van der Waals surface area contributed by atoms with Gasteiger partial charge in [0.1, 0.15) is 12.6 Å². The van der Waals surface area contributed by atoms with Crippen molar-refractivity contribution < 1.29 is 19.1 Å². The van der Waals surface area contributed by atoms with Gasteiger partial charge in [-0.1, -0.05) is 53.4 Å². The van der Waals surface area contributed by atoms with Crippen LogP contribution in [0.2, 0.25) is 0 Å². The Morgan fingerprint density at radius 2 is 2.00 bits per heavy atom. The number of alkyl halides is 3. The molecule has 0 spiro atoms. The second-order valence-corrected chi connectivity index (χ2v) is 7.03. The Labute approximate surface area is 139 Å². The van der Waals surface area contributed by atoms with E-state index in [1.54, 1.807) is 6.92 Å². The maximum Gasteiger partial charge on any atom is 0.410 e. The monoisotopic (exact) mass is 357 g/mol. The third kappa shape index (κ3) is 5.93. The second kappa shape index (κ2) is 8.11. The summed E-state index contributed by atoms with van der Waals surface area (Å²) in [6, 6.07) is -0.701. The summed E-state index contributed by atoms with van der Waals surface area (Å²) in [4.78, 5) is 25.3. The van der Waals surface area contributed by atoms with Gasteiger partial charge in [0.25, 0.3) is 0 Å². The molecule has 1 aliphatic heterocycles. The highest BCUT2D eigenvalue weighted by atomic mass is 35.6. The van der Waals surface area contributed by atoms with Crippen LogP contribution in [0.4, 0.5) is 4.79 Å². The average molecular weight is 359 g/mol. The van der Waals surface area contributed by atoms with Gasteiger partial charge in [0.2, 0.25) is 3.79 Å². The SMILES string of the molecule is CCOC(=O)[C@H]1CC(CC)=CCN1C(=O)OCC(Cl)(Cl)Cl. The summed E-state index contributed by atoms with van der Waals surface area (Å²) in [5.41, 5.74) is 1.10. The quantitative estimate of drug-likeness (QED) is 0.439. The smallest absolute Gasteiger partial charge is 0.410 e. The molecule has 0 aromatic rings. The molecule has 0 radical (unpaired) electrons. The maximum atomic E-state index is 12.0. The van der Waals surface area contributed by atoms with Gasteiger partial charge >= 0.3 is 12.1 Å². The molecule has 0 aliphatic carbocycles. The lowest BCUT2D eigenvalue weighted by Gasteiger charge is -2.33. The van der Waals surface area contributed by atoms with Crippen LogP contribution in [0.25, 0.3) is 0 Å². The third-order valence-corrected chi connectivity index (χ3v) is 3.34. The van der Waals surface area contributed by atoms with Crippen LogP contribution in [0.1, 0.15) is 26.7 Å². The lowest BCUT2D eigenvalue weighted by Crippen LogP contribution is -2.48. The minimum absolute atomic E-state index is 0.248. The predicted molar refractivity (Wildman–Crippen MR) is 81.8 cm³/mol. The van der Waals surface area contributed by atoms with Gasteiger partial charge in [-0.05, 0) is 19.8 Å². The van der Waals surface area contributed by atoms with E-state index in [0.717, 1.165) is 12.0 Å². The molecule has 8 heteroatoms. The molecule has 120 valence electrons. The van der Waals surface area contributed by atoms with E-state index in [1.165, 1.54) is 4.90 Å². The molecule has 1 heterocycles. The normalized spacial score (nSPS) is 19.0. The third-order valence-electron chi connectivity index (χ3n) is 3.02. The van der Waals surface area contributed by atoms with Crippen molar-refractivity contribution in [3.8, 4) is 0 Å². The van der Waals surface area contributed by atoms with E-state index in [-0.39, 0.29) is 19.8 Å². The minimum Gasteiger partial charge on any atom is -0.464 e. The fourth-order valence-electron chi connectivity index (χ4n) is 1.96. The van der Waals surface area contributed by atoms with Crippen LogP contribution in [0.15, 0.2) is 11.6 Å². The fourth-order valence-corrected chi connectivity index (χ4v) is 2.13. The number of ether oxygens (including phenoxy) is 2. The zero-order valence-electron chi connectivity index (χ0n) is 11.9. The van der Waals surface area contributed by atoms with Crippen LogP contribution in [0.3, 0.4) is 0 Å². The van der Waals surface area contributed by atoms with Crippen molar-refractivity contribution in [1.82, 2.24) is 4.90 Å². The van der Waals surface area contributed by atoms with Crippen LogP contribution < -0.4 is 0 Å². The molecule has 21 heavy (non-hydrogen) atoms. The molecule has 0 fully saturated rings. The van der Waals surface area contributed by atoms with Gasteiger partial charge in [-0.3, -0.25) is 4.90 Å². The molecule has 0 bridgehead atoms. The topological polar surface area (TPSA) is 55.8 Å². The lowest BCUT2D eigenvalue weighted by molar-refractivity contribution is -0.149. The Morgan fingerprint density at radius 3 is 2.52 bits per heavy atom. The molecule has 1 rings (SSSR count). The van der Waals surface area contributed by atoms with Crippen molar-refractivity contribution in [3.05, 3.63) is 11.6 Å². The predicted octanol–water partition coefficient (Wildman–Crippen LogP) is 3.47. The van der Waals surface area contributed by atoms with E-state index in [9.17, 15) is 9.59 Å². The number of carbonyl (C=O) groups is 2. The van der Waals surface area contributed by atoms with Crippen LogP contribution in [-0.2, 0) is 14.3 Å². The molecule has 0 N–H and O–H groups in total. The molecule has 5 nitrogen and oxygen atoms in total. The van der Waals surface area contributed by atoms with E-state index in [4.69, 9.17) is 44.3 Å². The van der Waals surface area contributed by atoms with E-state index >= 15 is 0 Å². The zero-order chi connectivity index (χ0) is 16.0. The number of hydrogen-bond donors (Lipinski definition) is 0. The van der Waals surface area contributed by atoms with Crippen molar-refractivity contribution in [2.75, 3.05) is 19.8 Å². The zero-order valence-corrected chi connectivity index (χ0v) is 14.2. The van der Waals surface area contributed by atoms with Crippen LogP contribution in [0, 0.1) is 0 Å². The number of hydrogen-bond acceptors (Lipinski definition) is 4. The number of rotatable bonds is 4. The molecule has 0 aromatic heterocycles. The Morgan fingerprint density at radius 1 is 1.33 bits per heavy atom. The van der Waals surface area contributed by atoms with Gasteiger partial charge < -0.3 is 9.47 Å². The second-order valence-electron chi connectivity index (χ2n) is 4.51. The van der Waals surface area contributed by atoms with Gasteiger partial charge in [0.05, 0.1) is 6.61 Å². The molecule has 1 aliphatic rings. The Kier molecular flexibility index (Phi) is 7.10. The fraction of sp³-hybridized carbons (Fsp3) is 0.692. The van der Waals surface area contributed by atoms with Crippen LogP contribution >= 0.6 is 34.8 Å². The molecule has 0 unspecified atom stereocenters. The number of amides is 1. The van der Waals surface area contributed by atoms with Crippen molar-refractivity contribution in [1.29, 1.82) is 0 Å².